The molecule has 0 saturated carbocycles. The van der Waals surface area contributed by atoms with Gasteiger partial charge in [-0.15, -0.1) is 0 Å². The molecule has 2 N–H and O–H groups in total. The van der Waals surface area contributed by atoms with Crippen molar-refractivity contribution in [3.63, 3.8) is 0 Å². The fraction of sp³-hybridized carbons (Fsp3) is 0.385. The van der Waals surface area contributed by atoms with Crippen molar-refractivity contribution in [1.29, 1.82) is 0 Å². The number of nitrogens with zero attached hydrogens (tertiary/aromatic N) is 1. The number of amides is 2. The van der Waals surface area contributed by atoms with Crippen LogP contribution in [0.4, 0.5) is 5.69 Å². The molecule has 0 bridgehead atoms. The SMILES string of the molecule is COc1ccccc1NC(=O)C(=O)N1CCNCC1. The van der Waals surface area contributed by atoms with Crippen molar-refractivity contribution in [3.05, 3.63) is 24.3 Å². The number of para-hydroxylation sites is 2. The maximum Gasteiger partial charge on any atom is 0.314 e. The van der Waals surface area contributed by atoms with Crippen LogP contribution in [0.2, 0.25) is 0 Å². The Kier molecular flexibility index (Phi) is 4.35. The molecule has 0 spiro atoms. The molecular weight excluding hydrogens is 246 g/mol. The van der Waals surface area contributed by atoms with Gasteiger partial charge in [-0.2, -0.15) is 0 Å². The topological polar surface area (TPSA) is 70.7 Å². The van der Waals surface area contributed by atoms with Crippen LogP contribution in [-0.2, 0) is 9.59 Å². The van der Waals surface area contributed by atoms with E-state index >= 15 is 0 Å². The minimum Gasteiger partial charge on any atom is -0.495 e. The lowest BCUT2D eigenvalue weighted by Crippen LogP contribution is -2.49. The Morgan fingerprint density at radius 2 is 1.95 bits per heavy atom. The third-order valence-electron chi connectivity index (χ3n) is 2.95. The molecule has 102 valence electrons. The summed E-state index contributed by atoms with van der Waals surface area (Å²) in [6.45, 7) is 2.54. The Morgan fingerprint density at radius 3 is 2.63 bits per heavy atom. The summed E-state index contributed by atoms with van der Waals surface area (Å²) in [5, 5.41) is 5.71. The Balaban J connectivity index is 2.01. The molecule has 1 aliphatic rings. The summed E-state index contributed by atoms with van der Waals surface area (Å²) in [4.78, 5) is 25.4. The van der Waals surface area contributed by atoms with Gasteiger partial charge in [0.2, 0.25) is 0 Å². The van der Waals surface area contributed by atoms with Crippen LogP contribution < -0.4 is 15.4 Å². The zero-order valence-corrected chi connectivity index (χ0v) is 10.8. The van der Waals surface area contributed by atoms with Crippen molar-refractivity contribution in [2.75, 3.05) is 38.6 Å². The van der Waals surface area contributed by atoms with Gasteiger partial charge < -0.3 is 20.3 Å². The fourth-order valence-electron chi connectivity index (χ4n) is 1.94. The molecule has 0 unspecified atom stereocenters. The number of carbonyl (C=O) groups is 2. The van der Waals surface area contributed by atoms with Crippen molar-refractivity contribution >= 4 is 17.5 Å². The Labute approximate surface area is 111 Å². The molecule has 0 atom stereocenters. The smallest absolute Gasteiger partial charge is 0.314 e. The molecule has 0 aliphatic carbocycles. The maximum atomic E-state index is 11.9. The van der Waals surface area contributed by atoms with E-state index in [-0.39, 0.29) is 0 Å². The highest BCUT2D eigenvalue weighted by Crippen LogP contribution is 2.22. The lowest BCUT2D eigenvalue weighted by Gasteiger charge is -2.26. The largest absolute Gasteiger partial charge is 0.495 e. The van der Waals surface area contributed by atoms with Gasteiger partial charge in [-0.3, -0.25) is 9.59 Å². The second-order valence-corrected chi connectivity index (χ2v) is 4.20. The monoisotopic (exact) mass is 263 g/mol. The second-order valence-electron chi connectivity index (χ2n) is 4.20. The summed E-state index contributed by atoms with van der Waals surface area (Å²) in [5.41, 5.74) is 0.499. The van der Waals surface area contributed by atoms with Crippen LogP contribution in [0.15, 0.2) is 24.3 Å². The van der Waals surface area contributed by atoms with E-state index in [0.29, 0.717) is 37.6 Å². The molecule has 2 amide bonds. The van der Waals surface area contributed by atoms with Crippen molar-refractivity contribution < 1.29 is 14.3 Å². The number of hydrogen-bond acceptors (Lipinski definition) is 4. The summed E-state index contributed by atoms with van der Waals surface area (Å²) in [6.07, 6.45) is 0. The van der Waals surface area contributed by atoms with Crippen LogP contribution in [0.25, 0.3) is 0 Å². The molecular formula is C13H17N3O3. The van der Waals surface area contributed by atoms with E-state index in [1.807, 2.05) is 0 Å². The standard InChI is InChI=1S/C13H17N3O3/c1-19-11-5-3-2-4-10(11)15-12(17)13(18)16-8-6-14-7-9-16/h2-5,14H,6-9H2,1H3,(H,15,17). The van der Waals surface area contributed by atoms with E-state index in [9.17, 15) is 9.59 Å². The van der Waals surface area contributed by atoms with Crippen molar-refractivity contribution in [2.24, 2.45) is 0 Å². The number of hydrogen-bond donors (Lipinski definition) is 2. The first-order valence-electron chi connectivity index (χ1n) is 6.16. The van der Waals surface area contributed by atoms with E-state index < -0.39 is 11.8 Å². The van der Waals surface area contributed by atoms with Gasteiger partial charge in [0.05, 0.1) is 12.8 Å². The number of rotatable bonds is 2. The number of carbonyl (C=O) groups excluding carboxylic acids is 2. The zero-order chi connectivity index (χ0) is 13.7. The number of piperazine rings is 1. The van der Waals surface area contributed by atoms with Crippen molar-refractivity contribution in [2.45, 2.75) is 0 Å². The Bertz CT molecular complexity index is 470. The quantitative estimate of drug-likeness (QED) is 0.741. The second kappa shape index (κ2) is 6.19. The molecule has 0 aromatic heterocycles. The van der Waals surface area contributed by atoms with Crippen molar-refractivity contribution in [1.82, 2.24) is 10.2 Å². The van der Waals surface area contributed by atoms with Gasteiger partial charge in [-0.25, -0.2) is 0 Å². The van der Waals surface area contributed by atoms with Crippen LogP contribution in [0.1, 0.15) is 0 Å². The molecule has 19 heavy (non-hydrogen) atoms. The predicted octanol–water partition coefficient (Wildman–Crippen LogP) is 0.0655. The Hall–Kier alpha value is -2.08. The predicted molar refractivity (Wildman–Crippen MR) is 71.1 cm³/mol. The van der Waals surface area contributed by atoms with E-state index in [0.717, 1.165) is 0 Å². The molecule has 1 aromatic carbocycles. The summed E-state index contributed by atoms with van der Waals surface area (Å²) in [6, 6.07) is 6.99. The number of benzene rings is 1. The van der Waals surface area contributed by atoms with Crippen LogP contribution in [0.3, 0.4) is 0 Å². The summed E-state index contributed by atoms with van der Waals surface area (Å²) < 4.78 is 5.12. The van der Waals surface area contributed by atoms with Gasteiger partial charge in [-0.05, 0) is 12.1 Å². The van der Waals surface area contributed by atoms with Crippen LogP contribution in [0, 0.1) is 0 Å². The average molecular weight is 263 g/mol. The van der Waals surface area contributed by atoms with E-state index in [1.54, 1.807) is 29.2 Å². The number of anilines is 1. The molecule has 0 radical (unpaired) electrons. The number of nitrogens with one attached hydrogen (secondary N) is 2. The van der Waals surface area contributed by atoms with Crippen LogP contribution in [0.5, 0.6) is 5.75 Å². The highest BCUT2D eigenvalue weighted by Gasteiger charge is 2.23. The molecule has 1 aromatic rings. The highest BCUT2D eigenvalue weighted by molar-refractivity contribution is 6.39. The van der Waals surface area contributed by atoms with E-state index in [4.69, 9.17) is 4.74 Å². The molecule has 1 aliphatic heterocycles. The molecule has 1 saturated heterocycles. The first kappa shape index (κ1) is 13.4. The highest BCUT2D eigenvalue weighted by atomic mass is 16.5. The van der Waals surface area contributed by atoms with Gasteiger partial charge in [0.15, 0.2) is 0 Å². The van der Waals surface area contributed by atoms with Gasteiger partial charge in [0.1, 0.15) is 5.75 Å². The molecule has 1 fully saturated rings. The molecule has 6 heteroatoms. The minimum absolute atomic E-state index is 0.499. The van der Waals surface area contributed by atoms with Crippen LogP contribution in [-0.4, -0.2) is 50.0 Å². The maximum absolute atomic E-state index is 11.9. The van der Waals surface area contributed by atoms with Crippen LogP contribution >= 0.6 is 0 Å². The first-order chi connectivity index (χ1) is 9.22. The van der Waals surface area contributed by atoms with E-state index in [1.165, 1.54) is 7.11 Å². The van der Waals surface area contributed by atoms with Crippen molar-refractivity contribution in [3.8, 4) is 5.75 Å². The third kappa shape index (κ3) is 3.23. The number of methoxy groups -OCH3 is 1. The van der Waals surface area contributed by atoms with Gasteiger partial charge >= 0.3 is 11.8 Å². The van der Waals surface area contributed by atoms with Gasteiger partial charge in [0.25, 0.3) is 0 Å². The normalized spacial score (nSPS) is 14.9. The minimum atomic E-state index is -0.633. The average Bonchev–Trinajstić information content (AvgIpc) is 2.48. The summed E-state index contributed by atoms with van der Waals surface area (Å²) in [5.74, 6) is -0.609. The fourth-order valence-corrected chi connectivity index (χ4v) is 1.94. The first-order valence-corrected chi connectivity index (χ1v) is 6.16. The zero-order valence-electron chi connectivity index (χ0n) is 10.8. The van der Waals surface area contributed by atoms with E-state index in [2.05, 4.69) is 10.6 Å². The molecule has 1 heterocycles. The lowest BCUT2D eigenvalue weighted by molar-refractivity contribution is -0.143. The lowest BCUT2D eigenvalue weighted by atomic mass is 10.3. The molecule has 6 nitrogen and oxygen atoms in total. The summed E-state index contributed by atoms with van der Waals surface area (Å²) >= 11 is 0. The summed E-state index contributed by atoms with van der Waals surface area (Å²) in [7, 11) is 1.52. The van der Waals surface area contributed by atoms with Gasteiger partial charge in [0, 0.05) is 26.2 Å². The third-order valence-corrected chi connectivity index (χ3v) is 2.95. The van der Waals surface area contributed by atoms with Gasteiger partial charge in [-0.1, -0.05) is 12.1 Å². The molecule has 2 rings (SSSR count). The number of ether oxygens (including phenoxy) is 1. The Morgan fingerprint density at radius 1 is 1.26 bits per heavy atom.